The first-order valence-electron chi connectivity index (χ1n) is 4.93. The van der Waals surface area contributed by atoms with E-state index in [0.717, 1.165) is 6.07 Å². The van der Waals surface area contributed by atoms with Gasteiger partial charge in [-0.1, -0.05) is 0 Å². The highest BCUT2D eigenvalue weighted by Crippen LogP contribution is 2.36. The molecule has 1 aliphatic heterocycles. The van der Waals surface area contributed by atoms with Gasteiger partial charge < -0.3 is 10.4 Å². The molecule has 2 rings (SSSR count). The van der Waals surface area contributed by atoms with Gasteiger partial charge in [0.25, 0.3) is 11.6 Å². The molecule has 0 aliphatic carbocycles. The van der Waals surface area contributed by atoms with Crippen LogP contribution in [0.25, 0.3) is 5.57 Å². The van der Waals surface area contributed by atoms with E-state index in [2.05, 4.69) is 5.32 Å². The molecule has 0 fully saturated rings. The average molecular weight is 259 g/mol. The molecule has 2 N–H and O–H groups in total. The third-order valence-electron chi connectivity index (χ3n) is 2.53. The number of nitrogens with one attached hydrogen (secondary N) is 1. The number of fused-ring (bicyclic) bond motifs is 1. The van der Waals surface area contributed by atoms with Gasteiger partial charge in [0.05, 0.1) is 10.5 Å². The molecule has 0 saturated carbocycles. The third kappa shape index (κ3) is 1.89. The molecule has 8 nitrogen and oxygen atoms in total. The Morgan fingerprint density at radius 1 is 1.47 bits per heavy atom. The highest BCUT2D eigenvalue weighted by Gasteiger charge is 2.31. The summed E-state index contributed by atoms with van der Waals surface area (Å²) in [5, 5.41) is 30.7. The second-order valence-corrected chi connectivity index (χ2v) is 3.61. The van der Waals surface area contributed by atoms with Gasteiger partial charge in [0.2, 0.25) is 0 Å². The zero-order valence-corrected chi connectivity index (χ0v) is 9.21. The number of aliphatic carboxylic acids is 1. The quantitative estimate of drug-likeness (QED) is 0.351. The number of carbonyl (C=O) groups excluding carboxylic acids is 1. The first-order chi connectivity index (χ1) is 8.95. The first kappa shape index (κ1) is 12.3. The lowest BCUT2D eigenvalue weighted by Gasteiger charge is -1.99. The van der Waals surface area contributed by atoms with E-state index in [-0.39, 0.29) is 22.5 Å². The zero-order chi connectivity index (χ0) is 14.2. The molecule has 0 aromatic heterocycles. The van der Waals surface area contributed by atoms with Gasteiger partial charge in [-0.15, -0.1) is 0 Å². The Hall–Kier alpha value is -3.21. The summed E-state index contributed by atoms with van der Waals surface area (Å²) >= 11 is 0. The molecule has 0 atom stereocenters. The molecule has 19 heavy (non-hydrogen) atoms. The molecule has 0 radical (unpaired) electrons. The lowest BCUT2D eigenvalue weighted by Crippen LogP contribution is -2.10. The van der Waals surface area contributed by atoms with Crippen LogP contribution in [-0.2, 0) is 9.59 Å². The van der Waals surface area contributed by atoms with Crippen LogP contribution in [0.2, 0.25) is 0 Å². The summed E-state index contributed by atoms with van der Waals surface area (Å²) in [6.07, 6.45) is 0. The highest BCUT2D eigenvalue weighted by molar-refractivity contribution is 6.35. The van der Waals surface area contributed by atoms with Crippen LogP contribution >= 0.6 is 0 Å². The maximum atomic E-state index is 11.7. The molecule has 1 aromatic carbocycles. The predicted molar refractivity (Wildman–Crippen MR) is 61.9 cm³/mol. The molecule has 1 amide bonds. The second kappa shape index (κ2) is 4.23. The van der Waals surface area contributed by atoms with Gasteiger partial charge in [-0.2, -0.15) is 5.26 Å². The number of benzene rings is 1. The van der Waals surface area contributed by atoms with Crippen LogP contribution in [0.5, 0.6) is 0 Å². The topological polar surface area (TPSA) is 133 Å². The number of carboxylic acid groups (broad SMARTS) is 1. The predicted octanol–water partition coefficient (Wildman–Crippen LogP) is 0.909. The van der Waals surface area contributed by atoms with Crippen molar-refractivity contribution in [2.45, 2.75) is 0 Å². The molecular formula is C11H5N3O5. The monoisotopic (exact) mass is 259 g/mol. The number of nitro benzene ring substituents is 1. The molecule has 0 spiro atoms. The third-order valence-corrected chi connectivity index (χ3v) is 2.53. The molecule has 1 heterocycles. The molecule has 8 heteroatoms. The van der Waals surface area contributed by atoms with E-state index >= 15 is 0 Å². The number of carboxylic acids is 1. The van der Waals surface area contributed by atoms with Gasteiger partial charge in [-0.05, 0) is 6.07 Å². The number of non-ortho nitro benzene ring substituents is 1. The largest absolute Gasteiger partial charge is 0.477 e. The maximum Gasteiger partial charge on any atom is 0.347 e. The lowest BCUT2D eigenvalue weighted by atomic mass is 10.0. The zero-order valence-electron chi connectivity index (χ0n) is 9.21. The minimum atomic E-state index is -1.56. The lowest BCUT2D eigenvalue weighted by molar-refractivity contribution is -0.384. The number of nitriles is 1. The molecule has 1 aromatic rings. The van der Waals surface area contributed by atoms with Crippen LogP contribution in [0, 0.1) is 21.4 Å². The van der Waals surface area contributed by atoms with Crippen LogP contribution in [-0.4, -0.2) is 21.9 Å². The van der Waals surface area contributed by atoms with E-state index in [1.54, 1.807) is 0 Å². The van der Waals surface area contributed by atoms with Gasteiger partial charge in [0.1, 0.15) is 6.07 Å². The number of nitro groups is 1. The molecule has 0 saturated heterocycles. The number of anilines is 1. The Bertz CT molecular complexity index is 699. The number of rotatable bonds is 2. The molecule has 1 aliphatic rings. The van der Waals surface area contributed by atoms with Crippen LogP contribution in [0.4, 0.5) is 11.4 Å². The van der Waals surface area contributed by atoms with Crippen LogP contribution in [0.1, 0.15) is 5.56 Å². The minimum absolute atomic E-state index is 0.0400. The number of amides is 1. The fourth-order valence-corrected chi connectivity index (χ4v) is 1.73. The van der Waals surface area contributed by atoms with Gasteiger partial charge in [0, 0.05) is 23.4 Å². The van der Waals surface area contributed by atoms with Crippen LogP contribution in [0.3, 0.4) is 0 Å². The number of hydrogen-bond acceptors (Lipinski definition) is 5. The average Bonchev–Trinajstić information content (AvgIpc) is 2.66. The normalized spacial score (nSPS) is 15.2. The molecular weight excluding hydrogens is 254 g/mol. The smallest absolute Gasteiger partial charge is 0.347 e. The van der Waals surface area contributed by atoms with Crippen molar-refractivity contribution in [3.63, 3.8) is 0 Å². The van der Waals surface area contributed by atoms with Crippen LogP contribution in [0.15, 0.2) is 23.8 Å². The fourth-order valence-electron chi connectivity index (χ4n) is 1.73. The van der Waals surface area contributed by atoms with Crippen molar-refractivity contribution in [1.82, 2.24) is 0 Å². The summed E-state index contributed by atoms with van der Waals surface area (Å²) in [4.78, 5) is 32.6. The summed E-state index contributed by atoms with van der Waals surface area (Å²) in [5.41, 5.74) is -1.14. The van der Waals surface area contributed by atoms with E-state index in [9.17, 15) is 19.7 Å². The number of carbonyl (C=O) groups is 2. The van der Waals surface area contributed by atoms with Crippen LogP contribution < -0.4 is 5.32 Å². The summed E-state index contributed by atoms with van der Waals surface area (Å²) in [7, 11) is 0. The van der Waals surface area contributed by atoms with Crippen molar-refractivity contribution >= 4 is 28.8 Å². The summed E-state index contributed by atoms with van der Waals surface area (Å²) < 4.78 is 0. The highest BCUT2D eigenvalue weighted by atomic mass is 16.6. The number of nitrogens with zero attached hydrogens (tertiary/aromatic N) is 2. The summed E-state index contributed by atoms with van der Waals surface area (Å²) in [5.74, 6) is -2.33. The van der Waals surface area contributed by atoms with E-state index in [0.29, 0.717) is 0 Å². The van der Waals surface area contributed by atoms with Crippen molar-refractivity contribution in [3.8, 4) is 6.07 Å². The Kier molecular flexibility index (Phi) is 2.73. The van der Waals surface area contributed by atoms with Crippen molar-refractivity contribution in [3.05, 3.63) is 39.4 Å². The summed E-state index contributed by atoms with van der Waals surface area (Å²) in [6.45, 7) is 0. The fraction of sp³-hybridized carbons (Fsp3) is 0. The van der Waals surface area contributed by atoms with Gasteiger partial charge in [0.15, 0.2) is 5.57 Å². The van der Waals surface area contributed by atoms with Crippen molar-refractivity contribution < 1.29 is 19.6 Å². The van der Waals surface area contributed by atoms with E-state index in [1.165, 1.54) is 18.2 Å². The van der Waals surface area contributed by atoms with E-state index < -0.39 is 22.4 Å². The standard InChI is InChI=1S/C11H5N3O5/c12-4-7(11(16)17)9-6-3-5(14(18)19)1-2-8(6)13-10(9)15/h1-3H,(H,13,15)(H,16,17)/b9-7+. The van der Waals surface area contributed by atoms with Gasteiger partial charge in [-0.25, -0.2) is 4.79 Å². The maximum absolute atomic E-state index is 11.7. The Morgan fingerprint density at radius 2 is 2.16 bits per heavy atom. The number of hydrogen-bond donors (Lipinski definition) is 2. The van der Waals surface area contributed by atoms with Crippen molar-refractivity contribution in [2.24, 2.45) is 0 Å². The molecule has 0 unspecified atom stereocenters. The first-order valence-corrected chi connectivity index (χ1v) is 4.93. The van der Waals surface area contributed by atoms with Gasteiger partial charge in [-0.3, -0.25) is 14.9 Å². The summed E-state index contributed by atoms with van der Waals surface area (Å²) in [6, 6.07) is 4.93. The Morgan fingerprint density at radius 3 is 2.68 bits per heavy atom. The molecule has 0 bridgehead atoms. The van der Waals surface area contributed by atoms with Crippen molar-refractivity contribution in [1.29, 1.82) is 5.26 Å². The van der Waals surface area contributed by atoms with E-state index in [4.69, 9.17) is 10.4 Å². The Balaban J connectivity index is 2.74. The Labute approximate surface area is 105 Å². The molecule has 94 valence electrons. The van der Waals surface area contributed by atoms with Gasteiger partial charge >= 0.3 is 5.97 Å². The minimum Gasteiger partial charge on any atom is -0.477 e. The van der Waals surface area contributed by atoms with Crippen molar-refractivity contribution in [2.75, 3.05) is 5.32 Å². The second-order valence-electron chi connectivity index (χ2n) is 3.61. The SMILES string of the molecule is N#C/C(C(=O)O)=C1\C(=O)Nc2ccc([N+](=O)[O-])cc21. The van der Waals surface area contributed by atoms with E-state index in [1.807, 2.05) is 0 Å².